The van der Waals surface area contributed by atoms with Crippen LogP contribution in [0.2, 0.25) is 0 Å². The van der Waals surface area contributed by atoms with Crippen LogP contribution in [0.4, 0.5) is 13.2 Å². The van der Waals surface area contributed by atoms with E-state index in [2.05, 4.69) is 5.32 Å². The Morgan fingerprint density at radius 3 is 2.29 bits per heavy atom. The number of rotatable bonds is 4. The Labute approximate surface area is 124 Å². The molecule has 0 saturated heterocycles. The van der Waals surface area contributed by atoms with Gasteiger partial charge in [0.15, 0.2) is 0 Å². The number of benzene rings is 1. The van der Waals surface area contributed by atoms with E-state index in [0.717, 1.165) is 25.7 Å². The van der Waals surface area contributed by atoms with Crippen LogP contribution >= 0.6 is 0 Å². The van der Waals surface area contributed by atoms with Crippen molar-refractivity contribution in [2.24, 2.45) is 5.92 Å². The highest BCUT2D eigenvalue weighted by molar-refractivity contribution is 5.33. The Kier molecular flexibility index (Phi) is 5.68. The van der Waals surface area contributed by atoms with Gasteiger partial charge in [0.25, 0.3) is 0 Å². The van der Waals surface area contributed by atoms with E-state index in [-0.39, 0.29) is 6.04 Å². The second kappa shape index (κ2) is 7.30. The minimum atomic E-state index is -4.28. The van der Waals surface area contributed by atoms with Crippen molar-refractivity contribution in [2.45, 2.75) is 57.7 Å². The molecule has 1 nitrogen and oxygen atoms in total. The summed E-state index contributed by atoms with van der Waals surface area (Å²) in [5.41, 5.74) is -0.0704. The predicted octanol–water partition coefficient (Wildman–Crippen LogP) is 5.33. The fourth-order valence-corrected chi connectivity index (χ4v) is 3.42. The first kappa shape index (κ1) is 16.3. The third-order valence-electron chi connectivity index (χ3n) is 4.40. The minimum Gasteiger partial charge on any atom is -0.310 e. The van der Waals surface area contributed by atoms with Gasteiger partial charge in [-0.15, -0.1) is 0 Å². The van der Waals surface area contributed by atoms with Crippen LogP contribution in [-0.2, 0) is 6.18 Å². The first-order valence-electron chi connectivity index (χ1n) is 7.93. The first-order valence-corrected chi connectivity index (χ1v) is 7.93. The number of hydrogen-bond acceptors (Lipinski definition) is 1. The van der Waals surface area contributed by atoms with Crippen molar-refractivity contribution >= 4 is 0 Å². The van der Waals surface area contributed by atoms with Gasteiger partial charge < -0.3 is 5.32 Å². The lowest BCUT2D eigenvalue weighted by molar-refractivity contribution is -0.138. The summed E-state index contributed by atoms with van der Waals surface area (Å²) in [7, 11) is 0. The van der Waals surface area contributed by atoms with Crippen molar-refractivity contribution < 1.29 is 13.2 Å². The largest absolute Gasteiger partial charge is 0.416 e. The Morgan fingerprint density at radius 2 is 1.71 bits per heavy atom. The van der Waals surface area contributed by atoms with Crippen molar-refractivity contribution in [2.75, 3.05) is 6.54 Å². The summed E-state index contributed by atoms with van der Waals surface area (Å²) in [6.07, 6.45) is 2.41. The molecule has 1 aliphatic carbocycles. The van der Waals surface area contributed by atoms with Crippen molar-refractivity contribution in [3.05, 3.63) is 35.4 Å². The van der Waals surface area contributed by atoms with E-state index in [9.17, 15) is 13.2 Å². The summed E-state index contributed by atoms with van der Waals surface area (Å²) in [5, 5.41) is 3.31. The van der Waals surface area contributed by atoms with Gasteiger partial charge in [-0.05, 0) is 36.9 Å². The zero-order valence-electron chi connectivity index (χ0n) is 12.5. The van der Waals surface area contributed by atoms with Crippen LogP contribution in [0.3, 0.4) is 0 Å². The van der Waals surface area contributed by atoms with Crippen LogP contribution in [-0.4, -0.2) is 6.54 Å². The highest BCUT2D eigenvalue weighted by Gasteiger charge is 2.36. The molecule has 1 aromatic rings. The van der Waals surface area contributed by atoms with Gasteiger partial charge in [-0.3, -0.25) is 0 Å². The molecule has 0 spiro atoms. The number of halogens is 3. The maximum atomic E-state index is 13.3. The van der Waals surface area contributed by atoms with Crippen molar-refractivity contribution in [1.29, 1.82) is 0 Å². The van der Waals surface area contributed by atoms with Gasteiger partial charge in [-0.2, -0.15) is 13.2 Å². The Hall–Kier alpha value is -1.03. The molecule has 1 aromatic carbocycles. The molecule has 1 aliphatic rings. The topological polar surface area (TPSA) is 12.0 Å². The lowest BCUT2D eigenvalue weighted by atomic mass is 9.85. The molecular weight excluding hydrogens is 275 g/mol. The van der Waals surface area contributed by atoms with E-state index >= 15 is 0 Å². The fraction of sp³-hybridized carbons (Fsp3) is 0.647. The predicted molar refractivity (Wildman–Crippen MR) is 79.1 cm³/mol. The van der Waals surface area contributed by atoms with Gasteiger partial charge >= 0.3 is 6.18 Å². The summed E-state index contributed by atoms with van der Waals surface area (Å²) < 4.78 is 39.8. The molecule has 1 unspecified atom stereocenters. The maximum absolute atomic E-state index is 13.3. The molecule has 0 aliphatic heterocycles. The quantitative estimate of drug-likeness (QED) is 0.741. The molecule has 1 fully saturated rings. The second-order valence-electron chi connectivity index (χ2n) is 5.87. The summed E-state index contributed by atoms with van der Waals surface area (Å²) in [5.74, 6) is 0.302. The maximum Gasteiger partial charge on any atom is 0.416 e. The fourth-order valence-electron chi connectivity index (χ4n) is 3.42. The van der Waals surface area contributed by atoms with E-state index < -0.39 is 11.7 Å². The zero-order chi connectivity index (χ0) is 15.3. The average molecular weight is 299 g/mol. The third kappa shape index (κ3) is 4.22. The molecule has 1 saturated carbocycles. The number of hydrogen-bond donors (Lipinski definition) is 1. The second-order valence-corrected chi connectivity index (χ2v) is 5.87. The third-order valence-corrected chi connectivity index (χ3v) is 4.40. The molecule has 0 heterocycles. The van der Waals surface area contributed by atoms with Gasteiger partial charge in [0.1, 0.15) is 0 Å². The van der Waals surface area contributed by atoms with Crippen molar-refractivity contribution in [3.8, 4) is 0 Å². The summed E-state index contributed by atoms with van der Waals surface area (Å²) in [6, 6.07) is 5.84. The van der Waals surface area contributed by atoms with E-state index in [0.29, 0.717) is 18.0 Å². The average Bonchev–Trinajstić information content (AvgIpc) is 2.73. The van der Waals surface area contributed by atoms with Crippen LogP contribution in [0.1, 0.15) is 62.6 Å². The van der Waals surface area contributed by atoms with Crippen LogP contribution in [0, 0.1) is 5.92 Å². The SMILES string of the molecule is CCNC(c1ccccc1C(F)(F)F)C1CCCCCC1. The smallest absolute Gasteiger partial charge is 0.310 e. The molecule has 1 atom stereocenters. The van der Waals surface area contributed by atoms with Crippen LogP contribution in [0.25, 0.3) is 0 Å². The van der Waals surface area contributed by atoms with Gasteiger partial charge in [0.2, 0.25) is 0 Å². The molecule has 0 amide bonds. The normalized spacial score (nSPS) is 19.2. The van der Waals surface area contributed by atoms with Crippen molar-refractivity contribution in [1.82, 2.24) is 5.32 Å². The molecule has 0 aromatic heterocycles. The lowest BCUT2D eigenvalue weighted by Gasteiger charge is -2.29. The summed E-state index contributed by atoms with van der Waals surface area (Å²) in [6.45, 7) is 2.65. The van der Waals surface area contributed by atoms with Gasteiger partial charge in [-0.25, -0.2) is 0 Å². The monoisotopic (exact) mass is 299 g/mol. The summed E-state index contributed by atoms with van der Waals surface area (Å²) >= 11 is 0. The minimum absolute atomic E-state index is 0.189. The van der Waals surface area contributed by atoms with Gasteiger partial charge in [0.05, 0.1) is 5.56 Å². The molecular formula is C17H24F3N. The first-order chi connectivity index (χ1) is 10.0. The molecule has 21 heavy (non-hydrogen) atoms. The Bertz CT molecular complexity index is 434. The van der Waals surface area contributed by atoms with Crippen LogP contribution < -0.4 is 5.32 Å². The number of nitrogens with one attached hydrogen (secondary N) is 1. The standard InChI is InChI=1S/C17H24F3N/c1-2-21-16(13-9-5-3-4-6-10-13)14-11-7-8-12-15(14)17(18,19)20/h7-8,11-13,16,21H,2-6,9-10H2,1H3. The Balaban J connectivity index is 2.33. The molecule has 4 heteroatoms. The molecule has 0 radical (unpaired) electrons. The highest BCUT2D eigenvalue weighted by atomic mass is 19.4. The number of alkyl halides is 3. The van der Waals surface area contributed by atoms with E-state index in [4.69, 9.17) is 0 Å². The van der Waals surface area contributed by atoms with E-state index in [1.807, 2.05) is 6.92 Å². The summed E-state index contributed by atoms with van der Waals surface area (Å²) in [4.78, 5) is 0. The van der Waals surface area contributed by atoms with Gasteiger partial charge in [-0.1, -0.05) is 50.8 Å². The zero-order valence-corrected chi connectivity index (χ0v) is 12.5. The van der Waals surface area contributed by atoms with Crippen LogP contribution in [0.5, 0.6) is 0 Å². The van der Waals surface area contributed by atoms with Crippen molar-refractivity contribution in [3.63, 3.8) is 0 Å². The highest BCUT2D eigenvalue weighted by Crippen LogP contribution is 2.40. The van der Waals surface area contributed by atoms with Gasteiger partial charge in [0, 0.05) is 6.04 Å². The Morgan fingerprint density at radius 1 is 1.10 bits per heavy atom. The molecule has 1 N–H and O–H groups in total. The van der Waals surface area contributed by atoms with Crippen LogP contribution in [0.15, 0.2) is 24.3 Å². The molecule has 0 bridgehead atoms. The lowest BCUT2D eigenvalue weighted by Crippen LogP contribution is -2.30. The van der Waals surface area contributed by atoms with E-state index in [1.165, 1.54) is 25.0 Å². The molecule has 2 rings (SSSR count). The molecule has 118 valence electrons. The van der Waals surface area contributed by atoms with E-state index in [1.54, 1.807) is 12.1 Å².